The topological polar surface area (TPSA) is 29.5 Å². The third kappa shape index (κ3) is 1.70. The van der Waals surface area contributed by atoms with E-state index in [1.807, 2.05) is 12.1 Å². The zero-order valence-electron chi connectivity index (χ0n) is 7.50. The minimum atomic E-state index is 0.279. The lowest BCUT2D eigenvalue weighted by Gasteiger charge is -2.06. The molecular weight excluding hydrogens is 152 g/mol. The van der Waals surface area contributed by atoms with Crippen molar-refractivity contribution in [3.8, 4) is 11.5 Å². The molecule has 0 amide bonds. The molecule has 0 saturated heterocycles. The first-order chi connectivity index (χ1) is 5.79. The second kappa shape index (κ2) is 4.00. The van der Waals surface area contributed by atoms with Gasteiger partial charge in [-0.2, -0.15) is 0 Å². The summed E-state index contributed by atoms with van der Waals surface area (Å²) in [6.45, 7) is 2.08. The number of ether oxygens (including phenoxy) is 1. The summed E-state index contributed by atoms with van der Waals surface area (Å²) in [6.07, 6.45) is 1.92. The molecule has 1 aromatic rings. The highest BCUT2D eigenvalue weighted by Crippen LogP contribution is 2.29. The van der Waals surface area contributed by atoms with E-state index in [-0.39, 0.29) is 5.75 Å². The summed E-state index contributed by atoms with van der Waals surface area (Å²) in [6, 6.07) is 5.57. The van der Waals surface area contributed by atoms with Crippen molar-refractivity contribution in [2.24, 2.45) is 0 Å². The molecule has 0 heterocycles. The van der Waals surface area contributed by atoms with Crippen molar-refractivity contribution in [3.05, 3.63) is 23.8 Å². The van der Waals surface area contributed by atoms with Crippen molar-refractivity contribution >= 4 is 0 Å². The molecule has 0 bridgehead atoms. The van der Waals surface area contributed by atoms with Crippen LogP contribution in [0.2, 0.25) is 0 Å². The third-order valence-corrected chi connectivity index (χ3v) is 1.82. The first kappa shape index (κ1) is 8.91. The molecule has 1 rings (SSSR count). The average molecular weight is 166 g/mol. The fourth-order valence-electron chi connectivity index (χ4n) is 1.20. The Morgan fingerprint density at radius 3 is 2.75 bits per heavy atom. The van der Waals surface area contributed by atoms with E-state index in [1.165, 1.54) is 0 Å². The van der Waals surface area contributed by atoms with Gasteiger partial charge < -0.3 is 9.84 Å². The van der Waals surface area contributed by atoms with E-state index in [0.717, 1.165) is 18.4 Å². The zero-order valence-corrected chi connectivity index (χ0v) is 7.50. The van der Waals surface area contributed by atoms with Gasteiger partial charge in [0.2, 0.25) is 0 Å². The predicted molar refractivity (Wildman–Crippen MR) is 48.7 cm³/mol. The Kier molecular flexibility index (Phi) is 2.97. The maximum absolute atomic E-state index is 9.59. The van der Waals surface area contributed by atoms with Gasteiger partial charge in [0.1, 0.15) is 0 Å². The van der Waals surface area contributed by atoms with Crippen LogP contribution in [0.25, 0.3) is 0 Å². The summed E-state index contributed by atoms with van der Waals surface area (Å²) >= 11 is 0. The molecule has 1 N–H and O–H groups in total. The minimum Gasteiger partial charge on any atom is -0.504 e. The lowest BCUT2D eigenvalue weighted by Crippen LogP contribution is -1.88. The zero-order chi connectivity index (χ0) is 8.97. The minimum absolute atomic E-state index is 0.279. The third-order valence-electron chi connectivity index (χ3n) is 1.82. The Bertz CT molecular complexity index is 256. The molecule has 0 spiro atoms. The normalized spacial score (nSPS) is 9.83. The van der Waals surface area contributed by atoms with E-state index in [1.54, 1.807) is 13.2 Å². The smallest absolute Gasteiger partial charge is 0.160 e. The van der Waals surface area contributed by atoms with Crippen LogP contribution in [0.1, 0.15) is 18.9 Å². The van der Waals surface area contributed by atoms with Gasteiger partial charge in [-0.15, -0.1) is 0 Å². The van der Waals surface area contributed by atoms with E-state index in [0.29, 0.717) is 5.75 Å². The molecule has 0 saturated carbocycles. The van der Waals surface area contributed by atoms with Crippen molar-refractivity contribution in [1.29, 1.82) is 0 Å². The fraction of sp³-hybridized carbons (Fsp3) is 0.400. The highest BCUT2D eigenvalue weighted by atomic mass is 16.5. The van der Waals surface area contributed by atoms with Gasteiger partial charge in [-0.25, -0.2) is 0 Å². The molecule has 0 atom stereocenters. The Morgan fingerprint density at radius 1 is 1.42 bits per heavy atom. The van der Waals surface area contributed by atoms with E-state index in [9.17, 15) is 5.11 Å². The molecule has 12 heavy (non-hydrogen) atoms. The second-order valence-electron chi connectivity index (χ2n) is 2.72. The molecule has 0 radical (unpaired) electrons. The number of hydrogen-bond donors (Lipinski definition) is 1. The van der Waals surface area contributed by atoms with E-state index in [4.69, 9.17) is 4.74 Å². The number of aryl methyl sites for hydroxylation is 1. The predicted octanol–water partition coefficient (Wildman–Crippen LogP) is 2.35. The van der Waals surface area contributed by atoms with Crippen LogP contribution in [0.3, 0.4) is 0 Å². The summed E-state index contributed by atoms with van der Waals surface area (Å²) in [5, 5.41) is 9.59. The van der Waals surface area contributed by atoms with E-state index < -0.39 is 0 Å². The molecule has 0 unspecified atom stereocenters. The molecule has 0 aromatic heterocycles. The Morgan fingerprint density at radius 2 is 2.17 bits per heavy atom. The van der Waals surface area contributed by atoms with E-state index >= 15 is 0 Å². The average Bonchev–Trinajstić information content (AvgIpc) is 2.09. The maximum atomic E-state index is 9.59. The van der Waals surface area contributed by atoms with Crippen molar-refractivity contribution in [2.75, 3.05) is 7.11 Å². The van der Waals surface area contributed by atoms with Crippen LogP contribution in [-0.4, -0.2) is 12.2 Å². The Balaban J connectivity index is 2.97. The summed E-state index contributed by atoms with van der Waals surface area (Å²) in [5.41, 5.74) is 0.955. The molecule has 1 aromatic carbocycles. The Hall–Kier alpha value is -1.18. The summed E-state index contributed by atoms with van der Waals surface area (Å²) < 4.78 is 4.98. The van der Waals surface area contributed by atoms with Gasteiger partial charge in [-0.1, -0.05) is 25.5 Å². The quantitative estimate of drug-likeness (QED) is 0.746. The number of para-hydroxylation sites is 1. The number of hydrogen-bond acceptors (Lipinski definition) is 2. The number of aromatic hydroxyl groups is 1. The Labute approximate surface area is 72.8 Å². The highest BCUT2D eigenvalue weighted by molar-refractivity contribution is 5.45. The monoisotopic (exact) mass is 166 g/mol. The maximum Gasteiger partial charge on any atom is 0.160 e. The first-order valence-corrected chi connectivity index (χ1v) is 4.14. The van der Waals surface area contributed by atoms with Gasteiger partial charge in [0, 0.05) is 0 Å². The largest absolute Gasteiger partial charge is 0.504 e. The number of phenolic OH excluding ortho intramolecular Hbond substituents is 1. The van der Waals surface area contributed by atoms with Gasteiger partial charge in [0.25, 0.3) is 0 Å². The van der Waals surface area contributed by atoms with Crippen LogP contribution < -0.4 is 4.74 Å². The molecule has 2 heteroatoms. The summed E-state index contributed by atoms with van der Waals surface area (Å²) in [4.78, 5) is 0. The molecule has 0 aliphatic heterocycles. The van der Waals surface area contributed by atoms with Crippen LogP contribution in [0.15, 0.2) is 18.2 Å². The second-order valence-corrected chi connectivity index (χ2v) is 2.72. The highest BCUT2D eigenvalue weighted by Gasteiger charge is 2.04. The number of benzene rings is 1. The van der Waals surface area contributed by atoms with Gasteiger partial charge in [0.15, 0.2) is 11.5 Å². The SMILES string of the molecule is CCCc1cccc(OC)c1O. The number of methoxy groups -OCH3 is 1. The molecule has 0 fully saturated rings. The van der Waals surface area contributed by atoms with Gasteiger partial charge in [-0.05, 0) is 18.1 Å². The van der Waals surface area contributed by atoms with Crippen LogP contribution in [0, 0.1) is 0 Å². The lowest BCUT2D eigenvalue weighted by atomic mass is 10.1. The van der Waals surface area contributed by atoms with Gasteiger partial charge >= 0.3 is 0 Å². The molecule has 0 aliphatic carbocycles. The molecule has 2 nitrogen and oxygen atoms in total. The van der Waals surface area contributed by atoms with Crippen LogP contribution in [-0.2, 0) is 6.42 Å². The van der Waals surface area contributed by atoms with Crippen molar-refractivity contribution in [3.63, 3.8) is 0 Å². The van der Waals surface area contributed by atoms with Crippen molar-refractivity contribution in [1.82, 2.24) is 0 Å². The van der Waals surface area contributed by atoms with Gasteiger partial charge in [0.05, 0.1) is 7.11 Å². The van der Waals surface area contributed by atoms with Crippen LogP contribution in [0.4, 0.5) is 0 Å². The van der Waals surface area contributed by atoms with Crippen LogP contribution in [0.5, 0.6) is 11.5 Å². The summed E-state index contributed by atoms with van der Waals surface area (Å²) in [5.74, 6) is 0.836. The van der Waals surface area contributed by atoms with Crippen LogP contribution >= 0.6 is 0 Å². The fourth-order valence-corrected chi connectivity index (χ4v) is 1.20. The number of rotatable bonds is 3. The van der Waals surface area contributed by atoms with Crippen molar-refractivity contribution < 1.29 is 9.84 Å². The molecule has 66 valence electrons. The van der Waals surface area contributed by atoms with Gasteiger partial charge in [-0.3, -0.25) is 0 Å². The van der Waals surface area contributed by atoms with Crippen molar-refractivity contribution in [2.45, 2.75) is 19.8 Å². The molecule has 0 aliphatic rings. The number of phenols is 1. The lowest BCUT2D eigenvalue weighted by molar-refractivity contribution is 0.370. The summed E-state index contributed by atoms with van der Waals surface area (Å²) in [7, 11) is 1.56. The van der Waals surface area contributed by atoms with E-state index in [2.05, 4.69) is 6.92 Å². The standard InChI is InChI=1S/C10H14O2/c1-3-5-8-6-4-7-9(12-2)10(8)11/h4,6-7,11H,3,5H2,1-2H3. The molecular formula is C10H14O2. The first-order valence-electron chi connectivity index (χ1n) is 4.14.